The van der Waals surface area contributed by atoms with Gasteiger partial charge in [-0.1, -0.05) is 6.07 Å². The van der Waals surface area contributed by atoms with Gasteiger partial charge in [-0.05, 0) is 44.0 Å². The van der Waals surface area contributed by atoms with Crippen LogP contribution >= 0.6 is 0 Å². The molecule has 2 unspecified atom stereocenters. The van der Waals surface area contributed by atoms with Crippen molar-refractivity contribution in [2.45, 2.75) is 31.9 Å². The van der Waals surface area contributed by atoms with Crippen LogP contribution in [0.3, 0.4) is 0 Å². The van der Waals surface area contributed by atoms with E-state index in [1.165, 1.54) is 5.56 Å². The molecule has 1 N–H and O–H groups in total. The van der Waals surface area contributed by atoms with E-state index in [1.54, 1.807) is 14.2 Å². The minimum Gasteiger partial charge on any atom is -0.493 e. The van der Waals surface area contributed by atoms with Crippen molar-refractivity contribution in [3.05, 3.63) is 23.8 Å². The molecule has 2 rings (SSSR count). The smallest absolute Gasteiger partial charge is 0.160 e. The molecule has 2 atom stereocenters. The average molecular weight is 265 g/mol. The first-order chi connectivity index (χ1) is 9.24. The molecule has 1 aromatic carbocycles. The Morgan fingerprint density at radius 2 is 2.05 bits per heavy atom. The Bertz CT molecular complexity index is 408. The maximum atomic E-state index is 5.54. The summed E-state index contributed by atoms with van der Waals surface area (Å²) in [7, 11) is 3.32. The third-order valence-electron chi connectivity index (χ3n) is 3.64. The first kappa shape index (κ1) is 14.2. The lowest BCUT2D eigenvalue weighted by Crippen LogP contribution is -2.35. The van der Waals surface area contributed by atoms with Gasteiger partial charge in [-0.25, -0.2) is 0 Å². The van der Waals surface area contributed by atoms with Crippen molar-refractivity contribution in [2.24, 2.45) is 0 Å². The average Bonchev–Trinajstić information content (AvgIpc) is 2.84. The lowest BCUT2D eigenvalue weighted by atomic mass is 10.1. The van der Waals surface area contributed by atoms with Gasteiger partial charge in [-0.15, -0.1) is 0 Å². The highest BCUT2D eigenvalue weighted by Crippen LogP contribution is 2.27. The minimum absolute atomic E-state index is 0.324. The highest BCUT2D eigenvalue weighted by Gasteiger charge is 2.22. The van der Waals surface area contributed by atoms with Gasteiger partial charge in [0.25, 0.3) is 0 Å². The molecule has 1 aliphatic rings. The zero-order chi connectivity index (χ0) is 13.7. The van der Waals surface area contributed by atoms with Gasteiger partial charge in [0.05, 0.1) is 20.3 Å². The molecule has 0 spiro atoms. The van der Waals surface area contributed by atoms with Crippen LogP contribution in [0.1, 0.15) is 18.9 Å². The van der Waals surface area contributed by atoms with Crippen LogP contribution in [0.5, 0.6) is 11.5 Å². The van der Waals surface area contributed by atoms with Crippen LogP contribution in [-0.2, 0) is 11.2 Å². The van der Waals surface area contributed by atoms with Gasteiger partial charge < -0.3 is 19.5 Å². The van der Waals surface area contributed by atoms with Crippen molar-refractivity contribution in [1.29, 1.82) is 0 Å². The summed E-state index contributed by atoms with van der Waals surface area (Å²) in [6.45, 7) is 3.95. The van der Waals surface area contributed by atoms with E-state index in [0.29, 0.717) is 12.1 Å². The topological polar surface area (TPSA) is 39.7 Å². The van der Waals surface area contributed by atoms with Crippen LogP contribution in [0.25, 0.3) is 0 Å². The third kappa shape index (κ3) is 3.61. The van der Waals surface area contributed by atoms with Gasteiger partial charge in [0.2, 0.25) is 0 Å². The van der Waals surface area contributed by atoms with Gasteiger partial charge in [-0.3, -0.25) is 0 Å². The molecule has 1 aromatic rings. The van der Waals surface area contributed by atoms with Crippen molar-refractivity contribution in [3.8, 4) is 11.5 Å². The second kappa shape index (κ2) is 6.78. The first-order valence-corrected chi connectivity index (χ1v) is 6.80. The van der Waals surface area contributed by atoms with E-state index < -0.39 is 0 Å². The molecule has 0 aliphatic carbocycles. The summed E-state index contributed by atoms with van der Waals surface area (Å²) in [5, 5.41) is 3.55. The Morgan fingerprint density at radius 1 is 1.26 bits per heavy atom. The summed E-state index contributed by atoms with van der Waals surface area (Å²) in [5.74, 6) is 1.56. The maximum Gasteiger partial charge on any atom is 0.160 e. The summed E-state index contributed by atoms with van der Waals surface area (Å²) in [6, 6.07) is 6.56. The van der Waals surface area contributed by atoms with Gasteiger partial charge >= 0.3 is 0 Å². The molecule has 1 saturated heterocycles. The van der Waals surface area contributed by atoms with Crippen molar-refractivity contribution < 1.29 is 14.2 Å². The molecule has 4 nitrogen and oxygen atoms in total. The van der Waals surface area contributed by atoms with E-state index in [-0.39, 0.29) is 0 Å². The zero-order valence-electron chi connectivity index (χ0n) is 11.9. The summed E-state index contributed by atoms with van der Waals surface area (Å²) in [4.78, 5) is 0. The number of hydrogen-bond donors (Lipinski definition) is 1. The molecule has 19 heavy (non-hydrogen) atoms. The van der Waals surface area contributed by atoms with Crippen LogP contribution in [-0.4, -0.2) is 39.5 Å². The van der Waals surface area contributed by atoms with Crippen LogP contribution in [0.2, 0.25) is 0 Å². The molecule has 106 valence electrons. The highest BCUT2D eigenvalue weighted by atomic mass is 16.5. The normalized spacial score (nSPS) is 22.5. The molecule has 0 amide bonds. The van der Waals surface area contributed by atoms with Gasteiger partial charge in [-0.2, -0.15) is 0 Å². The van der Waals surface area contributed by atoms with E-state index in [0.717, 1.165) is 37.5 Å². The molecule has 1 heterocycles. The number of methoxy groups -OCH3 is 2. The van der Waals surface area contributed by atoms with Crippen molar-refractivity contribution in [1.82, 2.24) is 5.32 Å². The lowest BCUT2D eigenvalue weighted by Gasteiger charge is -2.16. The summed E-state index contributed by atoms with van der Waals surface area (Å²) >= 11 is 0. The second-order valence-electron chi connectivity index (χ2n) is 4.86. The van der Waals surface area contributed by atoms with E-state index in [4.69, 9.17) is 14.2 Å². The summed E-state index contributed by atoms with van der Waals surface area (Å²) < 4.78 is 16.1. The Balaban J connectivity index is 1.85. The van der Waals surface area contributed by atoms with Crippen molar-refractivity contribution >= 4 is 0 Å². The van der Waals surface area contributed by atoms with E-state index in [9.17, 15) is 0 Å². The molecule has 0 bridgehead atoms. The fourth-order valence-corrected chi connectivity index (χ4v) is 2.44. The van der Waals surface area contributed by atoms with Gasteiger partial charge in [0.15, 0.2) is 11.5 Å². The van der Waals surface area contributed by atoms with E-state index in [1.807, 2.05) is 12.1 Å². The number of ether oxygens (including phenoxy) is 3. The van der Waals surface area contributed by atoms with Gasteiger partial charge in [0.1, 0.15) is 0 Å². The predicted octanol–water partition coefficient (Wildman–Crippen LogP) is 2.01. The molecule has 4 heteroatoms. The largest absolute Gasteiger partial charge is 0.493 e. The maximum absolute atomic E-state index is 5.54. The Labute approximate surface area is 115 Å². The van der Waals surface area contributed by atoms with Crippen LogP contribution in [0.15, 0.2) is 18.2 Å². The highest BCUT2D eigenvalue weighted by molar-refractivity contribution is 5.42. The standard InChI is InChI=1S/C15H23NO3/c1-11-13(7-9-19-11)16-8-6-12-4-5-14(17-2)15(10-12)18-3/h4-5,10-11,13,16H,6-9H2,1-3H3. The molecule has 0 aromatic heterocycles. The molecular formula is C15H23NO3. The lowest BCUT2D eigenvalue weighted by molar-refractivity contribution is 0.113. The van der Waals surface area contributed by atoms with Crippen LogP contribution in [0.4, 0.5) is 0 Å². The number of benzene rings is 1. The van der Waals surface area contributed by atoms with Gasteiger partial charge in [0, 0.05) is 12.6 Å². The second-order valence-corrected chi connectivity index (χ2v) is 4.86. The fourth-order valence-electron chi connectivity index (χ4n) is 2.44. The SMILES string of the molecule is COc1ccc(CCNC2CCOC2C)cc1OC. The summed E-state index contributed by atoms with van der Waals surface area (Å²) in [5.41, 5.74) is 1.25. The Kier molecular flexibility index (Phi) is 5.05. The Morgan fingerprint density at radius 3 is 2.68 bits per heavy atom. The number of rotatable bonds is 6. The molecular weight excluding hydrogens is 242 g/mol. The zero-order valence-corrected chi connectivity index (χ0v) is 11.9. The van der Waals surface area contributed by atoms with Crippen molar-refractivity contribution in [2.75, 3.05) is 27.4 Å². The molecule has 0 radical (unpaired) electrons. The van der Waals surface area contributed by atoms with E-state index in [2.05, 4.69) is 18.3 Å². The number of nitrogens with one attached hydrogen (secondary N) is 1. The van der Waals surface area contributed by atoms with E-state index >= 15 is 0 Å². The van der Waals surface area contributed by atoms with Crippen molar-refractivity contribution in [3.63, 3.8) is 0 Å². The Hall–Kier alpha value is -1.26. The quantitative estimate of drug-likeness (QED) is 0.854. The number of hydrogen-bond acceptors (Lipinski definition) is 4. The third-order valence-corrected chi connectivity index (χ3v) is 3.64. The van der Waals surface area contributed by atoms with Crippen LogP contribution < -0.4 is 14.8 Å². The monoisotopic (exact) mass is 265 g/mol. The van der Waals surface area contributed by atoms with Crippen LogP contribution in [0, 0.1) is 0 Å². The summed E-state index contributed by atoms with van der Waals surface area (Å²) in [6.07, 6.45) is 2.40. The first-order valence-electron chi connectivity index (χ1n) is 6.80. The minimum atomic E-state index is 0.324. The molecule has 0 saturated carbocycles. The molecule has 1 fully saturated rings. The predicted molar refractivity (Wildman–Crippen MR) is 75.1 cm³/mol. The fraction of sp³-hybridized carbons (Fsp3) is 0.600. The molecule has 1 aliphatic heterocycles.